The summed E-state index contributed by atoms with van der Waals surface area (Å²) in [5.41, 5.74) is 1.72. The van der Waals surface area contributed by atoms with E-state index in [0.29, 0.717) is 21.7 Å². The summed E-state index contributed by atoms with van der Waals surface area (Å²) in [7, 11) is -2.14. The van der Waals surface area contributed by atoms with Crippen molar-refractivity contribution in [2.75, 3.05) is 10.5 Å². The van der Waals surface area contributed by atoms with Crippen molar-refractivity contribution in [3.8, 4) is 0 Å². The number of hydrogen-bond acceptors (Lipinski definition) is 4. The van der Waals surface area contributed by atoms with Crippen LogP contribution in [-0.4, -0.2) is 38.4 Å². The number of rotatable bonds is 6. The molecule has 2 aromatic carbocycles. The standard InChI is InChI=1S/C19H20AsF2N3O3S/c1-4-9-29(27,28)24-16-8-6-14(21)17(18(16)22)20(2)12-5-7-15-13(10-12)19(26)25(3)11-23-15/h5-8,10-11,24H,4,9H2,1-3H3. The van der Waals surface area contributed by atoms with Crippen LogP contribution in [0, 0.1) is 11.6 Å². The summed E-state index contributed by atoms with van der Waals surface area (Å²) in [5.74, 6) is -1.80. The molecule has 1 N–H and O–H groups in total. The second-order valence-corrected chi connectivity index (χ2v) is 12.8. The molecule has 1 unspecified atom stereocenters. The molecule has 0 saturated carbocycles. The van der Waals surface area contributed by atoms with E-state index in [-0.39, 0.29) is 21.4 Å². The number of halogens is 2. The van der Waals surface area contributed by atoms with Crippen LogP contribution in [0.1, 0.15) is 13.3 Å². The number of aryl methyl sites for hydroxylation is 1. The summed E-state index contributed by atoms with van der Waals surface area (Å²) >= 11 is -2.50. The van der Waals surface area contributed by atoms with Crippen LogP contribution in [0.5, 0.6) is 0 Å². The molecule has 0 saturated heterocycles. The van der Waals surface area contributed by atoms with E-state index in [1.54, 1.807) is 37.9 Å². The fourth-order valence-electron chi connectivity index (χ4n) is 2.95. The van der Waals surface area contributed by atoms with Crippen molar-refractivity contribution < 1.29 is 17.2 Å². The molecule has 0 amide bonds. The molecule has 10 heteroatoms. The molecule has 6 nitrogen and oxygen atoms in total. The van der Waals surface area contributed by atoms with Gasteiger partial charge in [0.15, 0.2) is 0 Å². The maximum atomic E-state index is 15.1. The van der Waals surface area contributed by atoms with Gasteiger partial charge in [-0.3, -0.25) is 0 Å². The molecule has 3 rings (SSSR count). The molecule has 0 aliphatic rings. The molecule has 1 heterocycles. The minimum atomic E-state index is -3.71. The third kappa shape index (κ3) is 4.35. The molecule has 0 aliphatic heterocycles. The predicted molar refractivity (Wildman–Crippen MR) is 112 cm³/mol. The van der Waals surface area contributed by atoms with Gasteiger partial charge in [0.25, 0.3) is 0 Å². The van der Waals surface area contributed by atoms with Gasteiger partial charge in [-0.2, -0.15) is 0 Å². The van der Waals surface area contributed by atoms with E-state index in [0.717, 1.165) is 12.1 Å². The Labute approximate surface area is 171 Å². The van der Waals surface area contributed by atoms with E-state index in [1.807, 2.05) is 0 Å². The SMILES string of the molecule is CCCS(=O)(=O)Nc1ccc(F)c([As](C)c2ccc3ncn(C)c(=O)c3c2)c1F. The molecule has 0 aliphatic carbocycles. The molecule has 1 atom stereocenters. The van der Waals surface area contributed by atoms with Gasteiger partial charge in [-0.15, -0.1) is 0 Å². The summed E-state index contributed by atoms with van der Waals surface area (Å²) in [6.45, 7) is 1.69. The van der Waals surface area contributed by atoms with E-state index in [4.69, 9.17) is 0 Å². The van der Waals surface area contributed by atoms with Crippen molar-refractivity contribution in [3.63, 3.8) is 0 Å². The normalized spacial score (nSPS) is 12.9. The number of nitrogens with zero attached hydrogens (tertiary/aromatic N) is 2. The molecule has 1 aromatic heterocycles. The molecule has 0 fully saturated rings. The summed E-state index contributed by atoms with van der Waals surface area (Å²) in [6.07, 6.45) is 1.79. The van der Waals surface area contributed by atoms with Crippen LogP contribution in [-0.2, 0) is 17.1 Å². The van der Waals surface area contributed by atoms with Crippen LogP contribution < -0.4 is 19.0 Å². The monoisotopic (exact) mass is 483 g/mol. The molecule has 0 radical (unpaired) electrons. The van der Waals surface area contributed by atoms with Gasteiger partial charge in [0.2, 0.25) is 0 Å². The maximum absolute atomic E-state index is 15.1. The Morgan fingerprint density at radius 3 is 2.62 bits per heavy atom. The number of benzene rings is 2. The summed E-state index contributed by atoms with van der Waals surface area (Å²) in [4.78, 5) is 16.5. The second kappa shape index (κ2) is 8.24. The molecule has 29 heavy (non-hydrogen) atoms. The topological polar surface area (TPSA) is 81.1 Å². The Kier molecular flexibility index (Phi) is 6.10. The first-order chi connectivity index (χ1) is 13.6. The number of sulfonamides is 1. The molecule has 0 bridgehead atoms. The fourth-order valence-corrected chi connectivity index (χ4v) is 7.63. The van der Waals surface area contributed by atoms with E-state index in [1.165, 1.54) is 10.9 Å². The molecule has 3 aromatic rings. The molecule has 0 spiro atoms. The van der Waals surface area contributed by atoms with Crippen LogP contribution in [0.3, 0.4) is 0 Å². The van der Waals surface area contributed by atoms with Crippen molar-refractivity contribution in [1.29, 1.82) is 0 Å². The first-order valence-electron chi connectivity index (χ1n) is 8.82. The van der Waals surface area contributed by atoms with Crippen molar-refractivity contribution in [1.82, 2.24) is 9.55 Å². The Morgan fingerprint density at radius 1 is 1.21 bits per heavy atom. The van der Waals surface area contributed by atoms with E-state index >= 15 is 4.39 Å². The zero-order valence-electron chi connectivity index (χ0n) is 16.1. The van der Waals surface area contributed by atoms with Gasteiger partial charge in [-0.1, -0.05) is 0 Å². The summed E-state index contributed by atoms with van der Waals surface area (Å²) in [6, 6.07) is 7.14. The van der Waals surface area contributed by atoms with Gasteiger partial charge >= 0.3 is 172 Å². The number of fused-ring (bicyclic) bond motifs is 1. The van der Waals surface area contributed by atoms with Gasteiger partial charge < -0.3 is 0 Å². The van der Waals surface area contributed by atoms with Crippen LogP contribution in [0.15, 0.2) is 41.5 Å². The number of hydrogen-bond donors (Lipinski definition) is 1. The minimum absolute atomic E-state index is 0.130. The van der Waals surface area contributed by atoms with Crippen molar-refractivity contribution >= 4 is 50.0 Å². The zero-order valence-corrected chi connectivity index (χ0v) is 18.8. The fraction of sp³-hybridized carbons (Fsp3) is 0.263. The first kappa shape index (κ1) is 21.5. The Morgan fingerprint density at radius 2 is 1.93 bits per heavy atom. The average Bonchev–Trinajstić information content (AvgIpc) is 2.67. The first-order valence-corrected chi connectivity index (χ1v) is 14.2. The summed E-state index contributed by atoms with van der Waals surface area (Å²) in [5, 5.41) is 0.370. The van der Waals surface area contributed by atoms with Crippen LogP contribution in [0.4, 0.5) is 14.5 Å². The number of anilines is 1. The molecular formula is C19H20AsF2N3O3S. The Balaban J connectivity index is 2.08. The van der Waals surface area contributed by atoms with Gasteiger partial charge in [-0.05, 0) is 0 Å². The van der Waals surface area contributed by atoms with Crippen LogP contribution in [0.2, 0.25) is 5.71 Å². The Bertz CT molecular complexity index is 1250. The molecule has 154 valence electrons. The van der Waals surface area contributed by atoms with Crippen molar-refractivity contribution in [2.45, 2.75) is 19.1 Å². The Hall–Kier alpha value is -2.25. The number of nitrogens with one attached hydrogen (secondary N) is 1. The van der Waals surface area contributed by atoms with E-state index in [9.17, 15) is 17.6 Å². The van der Waals surface area contributed by atoms with Gasteiger partial charge in [0.1, 0.15) is 0 Å². The second-order valence-electron chi connectivity index (χ2n) is 6.60. The quantitative estimate of drug-likeness (QED) is 0.541. The molecular weight excluding hydrogens is 463 g/mol. The van der Waals surface area contributed by atoms with Crippen LogP contribution >= 0.6 is 0 Å². The van der Waals surface area contributed by atoms with Crippen LogP contribution in [0.25, 0.3) is 10.9 Å². The van der Waals surface area contributed by atoms with E-state index < -0.39 is 36.3 Å². The van der Waals surface area contributed by atoms with Gasteiger partial charge in [0.05, 0.1) is 0 Å². The van der Waals surface area contributed by atoms with Gasteiger partial charge in [-0.25, -0.2) is 0 Å². The van der Waals surface area contributed by atoms with Crippen molar-refractivity contribution in [2.24, 2.45) is 7.05 Å². The predicted octanol–water partition coefficient (Wildman–Crippen LogP) is 1.60. The third-order valence-corrected chi connectivity index (χ3v) is 10.4. The number of aromatic nitrogens is 2. The van der Waals surface area contributed by atoms with Crippen molar-refractivity contribution in [3.05, 3.63) is 58.6 Å². The van der Waals surface area contributed by atoms with Gasteiger partial charge in [0, 0.05) is 0 Å². The van der Waals surface area contributed by atoms with E-state index in [2.05, 4.69) is 9.71 Å². The zero-order chi connectivity index (χ0) is 21.3. The third-order valence-electron chi connectivity index (χ3n) is 4.43. The average molecular weight is 483 g/mol. The summed E-state index contributed by atoms with van der Waals surface area (Å²) < 4.78 is 57.7.